The van der Waals surface area contributed by atoms with Crippen molar-refractivity contribution >= 4 is 11.7 Å². The van der Waals surface area contributed by atoms with Crippen molar-refractivity contribution in [3.8, 4) is 0 Å². The Morgan fingerprint density at radius 1 is 1.17 bits per heavy atom. The lowest BCUT2D eigenvalue weighted by molar-refractivity contribution is 0.0994. The van der Waals surface area contributed by atoms with Crippen LogP contribution in [0.3, 0.4) is 0 Å². The first-order valence-corrected chi connectivity index (χ1v) is 5.52. The van der Waals surface area contributed by atoms with Gasteiger partial charge in [-0.25, -0.2) is 0 Å². The number of hydrogen-bond acceptors (Lipinski definition) is 5. The van der Waals surface area contributed by atoms with E-state index >= 15 is 0 Å². The van der Waals surface area contributed by atoms with Crippen molar-refractivity contribution in [2.75, 3.05) is 11.9 Å². The van der Waals surface area contributed by atoms with Crippen LogP contribution in [0.15, 0.2) is 36.7 Å². The van der Waals surface area contributed by atoms with Gasteiger partial charge in [0.15, 0.2) is 5.69 Å². The van der Waals surface area contributed by atoms with Crippen molar-refractivity contribution in [2.24, 2.45) is 5.73 Å². The summed E-state index contributed by atoms with van der Waals surface area (Å²) in [6.45, 7) is 0.731. The van der Waals surface area contributed by atoms with Crippen molar-refractivity contribution in [2.45, 2.75) is 6.42 Å². The Labute approximate surface area is 104 Å². The minimum Gasteiger partial charge on any atom is -0.368 e. The fourth-order valence-electron chi connectivity index (χ4n) is 1.44. The van der Waals surface area contributed by atoms with E-state index in [0.717, 1.165) is 13.0 Å². The van der Waals surface area contributed by atoms with Crippen LogP contribution in [0.25, 0.3) is 0 Å². The molecule has 2 rings (SSSR count). The molecule has 6 heteroatoms. The highest BCUT2D eigenvalue weighted by Crippen LogP contribution is 2.03. The van der Waals surface area contributed by atoms with E-state index in [0.29, 0.717) is 5.82 Å². The van der Waals surface area contributed by atoms with Crippen LogP contribution in [0.2, 0.25) is 0 Å². The molecular formula is C12H13N5O. The van der Waals surface area contributed by atoms with Crippen molar-refractivity contribution in [3.63, 3.8) is 0 Å². The highest BCUT2D eigenvalue weighted by Gasteiger charge is 2.02. The molecule has 2 aromatic rings. The van der Waals surface area contributed by atoms with Gasteiger partial charge in [-0.15, -0.1) is 10.2 Å². The van der Waals surface area contributed by atoms with Gasteiger partial charge in [0.05, 0.1) is 0 Å². The third-order valence-corrected chi connectivity index (χ3v) is 2.39. The number of nitrogens with zero attached hydrogens (tertiary/aromatic N) is 3. The molecule has 0 saturated carbocycles. The SMILES string of the molecule is NC(=O)c1ccc(NCCc2ccncc2)nn1. The van der Waals surface area contributed by atoms with Gasteiger partial charge in [-0.05, 0) is 36.2 Å². The van der Waals surface area contributed by atoms with Gasteiger partial charge in [-0.1, -0.05) is 0 Å². The van der Waals surface area contributed by atoms with E-state index in [1.54, 1.807) is 24.5 Å². The van der Waals surface area contributed by atoms with Crippen LogP contribution in [-0.4, -0.2) is 27.6 Å². The summed E-state index contributed by atoms with van der Waals surface area (Å²) in [6.07, 6.45) is 4.38. The van der Waals surface area contributed by atoms with Crippen LogP contribution in [-0.2, 0) is 6.42 Å². The monoisotopic (exact) mass is 243 g/mol. The molecule has 0 bridgehead atoms. The van der Waals surface area contributed by atoms with Crippen LogP contribution in [0, 0.1) is 0 Å². The zero-order valence-corrected chi connectivity index (χ0v) is 9.71. The molecule has 6 nitrogen and oxygen atoms in total. The zero-order chi connectivity index (χ0) is 12.8. The molecular weight excluding hydrogens is 230 g/mol. The molecule has 3 N–H and O–H groups in total. The largest absolute Gasteiger partial charge is 0.368 e. The number of nitrogens with two attached hydrogens (primary N) is 1. The fourth-order valence-corrected chi connectivity index (χ4v) is 1.44. The van der Waals surface area contributed by atoms with Gasteiger partial charge in [0, 0.05) is 18.9 Å². The lowest BCUT2D eigenvalue weighted by Crippen LogP contribution is -2.14. The predicted octanol–water partition coefficient (Wildman–Crippen LogP) is 0.625. The second-order valence-corrected chi connectivity index (χ2v) is 3.70. The van der Waals surface area contributed by atoms with E-state index in [1.807, 2.05) is 12.1 Å². The highest BCUT2D eigenvalue weighted by molar-refractivity contribution is 5.90. The van der Waals surface area contributed by atoms with Gasteiger partial charge in [0.25, 0.3) is 5.91 Å². The summed E-state index contributed by atoms with van der Waals surface area (Å²) in [5, 5.41) is 10.7. The average molecular weight is 243 g/mol. The van der Waals surface area contributed by atoms with Gasteiger partial charge in [-0.3, -0.25) is 9.78 Å². The van der Waals surface area contributed by atoms with Gasteiger partial charge >= 0.3 is 0 Å². The smallest absolute Gasteiger partial charge is 0.269 e. The van der Waals surface area contributed by atoms with E-state index in [1.165, 1.54) is 5.56 Å². The van der Waals surface area contributed by atoms with Gasteiger partial charge in [-0.2, -0.15) is 0 Å². The summed E-state index contributed by atoms with van der Waals surface area (Å²) in [5.74, 6) is 0.0416. The van der Waals surface area contributed by atoms with Crippen LogP contribution < -0.4 is 11.1 Å². The molecule has 0 radical (unpaired) electrons. The number of pyridine rings is 1. The summed E-state index contributed by atoms with van der Waals surface area (Å²) in [6, 6.07) is 7.15. The fraction of sp³-hybridized carbons (Fsp3) is 0.167. The van der Waals surface area contributed by atoms with Crippen LogP contribution in [0.1, 0.15) is 16.1 Å². The Kier molecular flexibility index (Phi) is 3.80. The van der Waals surface area contributed by atoms with Gasteiger partial charge < -0.3 is 11.1 Å². The lowest BCUT2D eigenvalue weighted by Gasteiger charge is -2.04. The molecule has 18 heavy (non-hydrogen) atoms. The number of carbonyl (C=O) groups excluding carboxylic acids is 1. The van der Waals surface area contributed by atoms with Gasteiger partial charge in [0.1, 0.15) is 5.82 Å². The number of hydrogen-bond donors (Lipinski definition) is 2. The van der Waals surface area contributed by atoms with Crippen molar-refractivity contribution in [1.29, 1.82) is 0 Å². The van der Waals surface area contributed by atoms with Gasteiger partial charge in [0.2, 0.25) is 0 Å². The Balaban J connectivity index is 1.85. The Bertz CT molecular complexity index is 512. The molecule has 0 aliphatic heterocycles. The van der Waals surface area contributed by atoms with Crippen LogP contribution in [0.4, 0.5) is 5.82 Å². The van der Waals surface area contributed by atoms with E-state index in [9.17, 15) is 4.79 Å². The normalized spacial score (nSPS) is 10.0. The average Bonchev–Trinajstić information content (AvgIpc) is 2.40. The summed E-state index contributed by atoms with van der Waals surface area (Å²) >= 11 is 0. The molecule has 0 fully saturated rings. The molecule has 92 valence electrons. The third kappa shape index (κ3) is 3.24. The van der Waals surface area contributed by atoms with Crippen molar-refractivity contribution < 1.29 is 4.79 Å². The summed E-state index contributed by atoms with van der Waals surface area (Å²) in [5.41, 5.74) is 6.43. The topological polar surface area (TPSA) is 93.8 Å². The minimum atomic E-state index is -0.578. The van der Waals surface area contributed by atoms with E-state index in [-0.39, 0.29) is 5.69 Å². The minimum absolute atomic E-state index is 0.162. The predicted molar refractivity (Wildman–Crippen MR) is 67.0 cm³/mol. The summed E-state index contributed by atoms with van der Waals surface area (Å²) < 4.78 is 0. The second-order valence-electron chi connectivity index (χ2n) is 3.70. The first-order chi connectivity index (χ1) is 8.75. The number of nitrogens with one attached hydrogen (secondary N) is 1. The molecule has 0 spiro atoms. The quantitative estimate of drug-likeness (QED) is 0.803. The number of primary amides is 1. The Morgan fingerprint density at radius 3 is 2.56 bits per heavy atom. The van der Waals surface area contributed by atoms with Crippen molar-refractivity contribution in [3.05, 3.63) is 47.9 Å². The number of anilines is 1. The molecule has 0 aromatic carbocycles. The Morgan fingerprint density at radius 2 is 1.94 bits per heavy atom. The second kappa shape index (κ2) is 5.72. The summed E-state index contributed by atoms with van der Waals surface area (Å²) in [4.78, 5) is 14.8. The molecule has 2 heterocycles. The molecule has 0 saturated heterocycles. The standard InChI is InChI=1S/C12H13N5O/c13-12(18)10-1-2-11(17-16-10)15-8-5-9-3-6-14-7-4-9/h1-4,6-7H,5,8H2,(H2,13,18)(H,15,17). The number of rotatable bonds is 5. The van der Waals surface area contributed by atoms with Crippen molar-refractivity contribution in [1.82, 2.24) is 15.2 Å². The molecule has 0 aliphatic carbocycles. The molecule has 0 aliphatic rings. The van der Waals surface area contributed by atoms with Crippen LogP contribution in [0.5, 0.6) is 0 Å². The first-order valence-electron chi connectivity index (χ1n) is 5.52. The maximum atomic E-state index is 10.8. The van der Waals surface area contributed by atoms with Crippen LogP contribution >= 0.6 is 0 Å². The third-order valence-electron chi connectivity index (χ3n) is 2.39. The maximum absolute atomic E-state index is 10.8. The van der Waals surface area contributed by atoms with E-state index in [4.69, 9.17) is 5.73 Å². The number of amides is 1. The van der Waals surface area contributed by atoms with E-state index in [2.05, 4.69) is 20.5 Å². The molecule has 1 amide bonds. The lowest BCUT2D eigenvalue weighted by atomic mass is 10.2. The highest BCUT2D eigenvalue weighted by atomic mass is 16.1. The van der Waals surface area contributed by atoms with E-state index < -0.39 is 5.91 Å². The number of carbonyl (C=O) groups is 1. The first kappa shape index (κ1) is 12.0. The zero-order valence-electron chi connectivity index (χ0n) is 9.71. The number of aromatic nitrogens is 3. The Hall–Kier alpha value is -2.50. The molecule has 0 unspecified atom stereocenters. The molecule has 0 atom stereocenters. The summed E-state index contributed by atoms with van der Waals surface area (Å²) in [7, 11) is 0. The molecule has 2 aromatic heterocycles. The maximum Gasteiger partial charge on any atom is 0.269 e.